The van der Waals surface area contributed by atoms with E-state index in [9.17, 15) is 0 Å². The van der Waals surface area contributed by atoms with Crippen molar-refractivity contribution < 1.29 is 22.0 Å². The van der Waals surface area contributed by atoms with Crippen LogP contribution in [0.5, 0.6) is 0 Å². The minimum absolute atomic E-state index is 0. The van der Waals surface area contributed by atoms with Crippen molar-refractivity contribution in [3.8, 4) is 0 Å². The molecule has 2 nitrogen and oxygen atoms in total. The van der Waals surface area contributed by atoms with E-state index >= 15 is 0 Å². The van der Waals surface area contributed by atoms with E-state index in [1.165, 1.54) is 0 Å². The lowest BCUT2D eigenvalue weighted by molar-refractivity contribution is -0.803. The first-order valence-corrected chi connectivity index (χ1v) is 2.51. The molecule has 1 fully saturated rings. The molecule has 0 aromatic carbocycles. The lowest BCUT2D eigenvalue weighted by Gasteiger charge is -2.06. The molecule has 1 rings (SSSR count). The van der Waals surface area contributed by atoms with Crippen molar-refractivity contribution in [3.63, 3.8) is 0 Å². The number of quaternary nitrogens is 1. The topological polar surface area (TPSA) is 20.2 Å². The monoisotopic (exact) mass is 137 g/mol. The Morgan fingerprint density at radius 3 is 1.62 bits per heavy atom. The minimum Gasteiger partial charge on any atom is -1.00 e. The van der Waals surface area contributed by atoms with Gasteiger partial charge in [-0.05, 0) is 0 Å². The normalized spacial score (nSPS) is 40.5. The van der Waals surface area contributed by atoms with E-state index in [-0.39, 0.29) is 12.4 Å². The molecular formula is C5H12ClNO. The second kappa shape index (κ2) is 1.59. The van der Waals surface area contributed by atoms with Gasteiger partial charge in [0.05, 0.1) is 14.1 Å². The highest BCUT2D eigenvalue weighted by atomic mass is 35.5. The third-order valence-electron chi connectivity index (χ3n) is 1.90. The van der Waals surface area contributed by atoms with Crippen molar-refractivity contribution in [3.05, 3.63) is 0 Å². The molecule has 0 radical (unpaired) electrons. The Bertz CT molecular complexity index is 88.6. The van der Waals surface area contributed by atoms with Crippen molar-refractivity contribution in [1.29, 1.82) is 0 Å². The second-order valence-corrected chi connectivity index (χ2v) is 3.06. The molecule has 0 aromatic rings. The summed E-state index contributed by atoms with van der Waals surface area (Å²) >= 11 is 0. The number of hydrogen-bond donors (Lipinski definition) is 1. The molecule has 1 unspecified atom stereocenters. The number of rotatable bonds is 0. The van der Waals surface area contributed by atoms with E-state index in [4.69, 9.17) is 5.11 Å². The van der Waals surface area contributed by atoms with Gasteiger partial charge in [0.1, 0.15) is 0 Å². The van der Waals surface area contributed by atoms with E-state index in [1.54, 1.807) is 0 Å². The molecule has 0 aliphatic carbocycles. The van der Waals surface area contributed by atoms with Crippen LogP contribution in [-0.4, -0.2) is 36.0 Å². The van der Waals surface area contributed by atoms with Crippen molar-refractivity contribution in [2.45, 2.75) is 12.6 Å². The molecule has 0 saturated carbocycles. The van der Waals surface area contributed by atoms with Gasteiger partial charge in [0.15, 0.2) is 6.54 Å². The van der Waals surface area contributed by atoms with Crippen LogP contribution < -0.4 is 12.4 Å². The Balaban J connectivity index is 0.000000490. The molecule has 1 atom stereocenters. The number of aliphatic hydroxyl groups is 1. The van der Waals surface area contributed by atoms with Crippen LogP contribution in [0.2, 0.25) is 0 Å². The van der Waals surface area contributed by atoms with Crippen molar-refractivity contribution in [2.75, 3.05) is 20.6 Å². The van der Waals surface area contributed by atoms with Gasteiger partial charge in [0.2, 0.25) is 5.72 Å². The molecule has 1 heterocycles. The van der Waals surface area contributed by atoms with Crippen LogP contribution in [0.15, 0.2) is 0 Å². The van der Waals surface area contributed by atoms with Gasteiger partial charge in [-0.15, -0.1) is 0 Å². The maximum atomic E-state index is 9.13. The zero-order chi connectivity index (χ0) is 5.71. The first kappa shape index (κ1) is 8.21. The minimum atomic E-state index is -0.417. The van der Waals surface area contributed by atoms with Gasteiger partial charge < -0.3 is 17.5 Å². The first-order chi connectivity index (χ1) is 2.96. The molecule has 0 bridgehead atoms. The summed E-state index contributed by atoms with van der Waals surface area (Å²) in [6, 6.07) is 0. The number of halogens is 1. The zero-order valence-electron chi connectivity index (χ0n) is 5.48. The fraction of sp³-hybridized carbons (Fsp3) is 1.00. The quantitative estimate of drug-likeness (QED) is 0.275. The largest absolute Gasteiger partial charge is 1.00 e. The summed E-state index contributed by atoms with van der Waals surface area (Å²) < 4.78 is 0.757. The molecule has 50 valence electrons. The third-order valence-corrected chi connectivity index (χ3v) is 1.90. The molecule has 3 heteroatoms. The molecular weight excluding hydrogens is 126 g/mol. The lowest BCUT2D eigenvalue weighted by Crippen LogP contribution is -3.00. The first-order valence-electron chi connectivity index (χ1n) is 2.51. The average molecular weight is 138 g/mol. The predicted octanol–water partition coefficient (Wildman–Crippen LogP) is -3.21. The van der Waals surface area contributed by atoms with Gasteiger partial charge in [-0.25, -0.2) is 0 Å². The van der Waals surface area contributed by atoms with Crippen molar-refractivity contribution >= 4 is 0 Å². The molecule has 1 aliphatic rings. The standard InChI is InChI=1S/C5H12NO.ClH/c1-5(7)4-6(5,2)3;/h7H,4H2,1-3H3;1H/q+1;/p-1. The number of hydrogen-bond acceptors (Lipinski definition) is 1. The fourth-order valence-electron chi connectivity index (χ4n) is 0.713. The Morgan fingerprint density at radius 1 is 1.50 bits per heavy atom. The second-order valence-electron chi connectivity index (χ2n) is 3.06. The summed E-state index contributed by atoms with van der Waals surface area (Å²) in [7, 11) is 4.03. The van der Waals surface area contributed by atoms with Crippen LogP contribution in [0.25, 0.3) is 0 Å². The van der Waals surface area contributed by atoms with Gasteiger partial charge in [0.25, 0.3) is 0 Å². The predicted molar refractivity (Wildman–Crippen MR) is 27.6 cm³/mol. The maximum absolute atomic E-state index is 9.13. The van der Waals surface area contributed by atoms with Crippen LogP contribution in [-0.2, 0) is 0 Å². The molecule has 0 spiro atoms. The SMILES string of the molecule is CC1(O)C[N+]1(C)C.[Cl-]. The van der Waals surface area contributed by atoms with Gasteiger partial charge in [0, 0.05) is 6.92 Å². The van der Waals surface area contributed by atoms with Crippen LogP contribution >= 0.6 is 0 Å². The van der Waals surface area contributed by atoms with Crippen LogP contribution in [0, 0.1) is 0 Å². The molecule has 1 N–H and O–H groups in total. The summed E-state index contributed by atoms with van der Waals surface area (Å²) in [5, 5.41) is 9.13. The van der Waals surface area contributed by atoms with Gasteiger partial charge in [-0.2, -0.15) is 0 Å². The van der Waals surface area contributed by atoms with Crippen LogP contribution in [0.3, 0.4) is 0 Å². The Hall–Kier alpha value is 0.210. The van der Waals surface area contributed by atoms with Crippen molar-refractivity contribution in [2.24, 2.45) is 0 Å². The van der Waals surface area contributed by atoms with Crippen LogP contribution in [0.1, 0.15) is 6.92 Å². The molecule has 0 amide bonds. The molecule has 0 aromatic heterocycles. The Morgan fingerprint density at radius 2 is 1.62 bits per heavy atom. The smallest absolute Gasteiger partial charge is 0.248 e. The number of nitrogens with zero attached hydrogens (tertiary/aromatic N) is 1. The van der Waals surface area contributed by atoms with E-state index in [2.05, 4.69) is 0 Å². The summed E-state index contributed by atoms with van der Waals surface area (Å²) in [5.74, 6) is 0. The summed E-state index contributed by atoms with van der Waals surface area (Å²) in [4.78, 5) is 0. The molecule has 1 saturated heterocycles. The van der Waals surface area contributed by atoms with Gasteiger partial charge in [-0.3, -0.25) is 4.48 Å². The zero-order valence-corrected chi connectivity index (χ0v) is 6.24. The van der Waals surface area contributed by atoms with Crippen LogP contribution in [0.4, 0.5) is 0 Å². The third kappa shape index (κ3) is 0.966. The summed E-state index contributed by atoms with van der Waals surface area (Å²) in [6.45, 7) is 2.75. The molecule has 1 aliphatic heterocycles. The summed E-state index contributed by atoms with van der Waals surface area (Å²) in [6.07, 6.45) is 0. The van der Waals surface area contributed by atoms with Gasteiger partial charge in [-0.1, -0.05) is 0 Å². The highest BCUT2D eigenvalue weighted by Crippen LogP contribution is 2.34. The van der Waals surface area contributed by atoms with Crippen molar-refractivity contribution in [1.82, 2.24) is 0 Å². The lowest BCUT2D eigenvalue weighted by atomic mass is 10.5. The highest BCUT2D eigenvalue weighted by Gasteiger charge is 2.59. The summed E-state index contributed by atoms with van der Waals surface area (Å²) in [5.41, 5.74) is -0.417. The Kier molecular flexibility index (Phi) is 1.64. The van der Waals surface area contributed by atoms with Gasteiger partial charge >= 0.3 is 0 Å². The maximum Gasteiger partial charge on any atom is 0.248 e. The van der Waals surface area contributed by atoms with E-state index < -0.39 is 5.72 Å². The Labute approximate surface area is 56.1 Å². The molecule has 8 heavy (non-hydrogen) atoms. The number of likely N-dealkylation sites (N-methyl/N-ethyl adjacent to an activating group) is 1. The van der Waals surface area contributed by atoms with E-state index in [0.717, 1.165) is 11.0 Å². The van der Waals surface area contributed by atoms with E-state index in [1.807, 2.05) is 21.0 Å². The average Bonchev–Trinajstić information content (AvgIpc) is 1.63. The van der Waals surface area contributed by atoms with E-state index in [0.29, 0.717) is 0 Å². The highest BCUT2D eigenvalue weighted by molar-refractivity contribution is 4.72. The fourth-order valence-corrected chi connectivity index (χ4v) is 0.713.